The summed E-state index contributed by atoms with van der Waals surface area (Å²) >= 11 is 6.11. The number of nitrogens with zero attached hydrogens (tertiary/aromatic N) is 6. The quantitative estimate of drug-likeness (QED) is 0.639. The highest BCUT2D eigenvalue weighted by Crippen LogP contribution is 2.19. The van der Waals surface area contributed by atoms with Crippen LogP contribution in [0, 0.1) is 13.8 Å². The summed E-state index contributed by atoms with van der Waals surface area (Å²) in [5, 5.41) is 11.5. The molecule has 0 bridgehead atoms. The van der Waals surface area contributed by atoms with E-state index in [4.69, 9.17) is 16.1 Å². The fourth-order valence-corrected chi connectivity index (χ4v) is 2.47. The summed E-state index contributed by atoms with van der Waals surface area (Å²) < 4.78 is 8.63. The molecule has 1 N–H and O–H groups in total. The lowest BCUT2D eigenvalue weighted by Crippen LogP contribution is -2.25. The van der Waals surface area contributed by atoms with E-state index in [1.807, 2.05) is 24.6 Å². The van der Waals surface area contributed by atoms with E-state index in [0.717, 1.165) is 24.4 Å². The van der Waals surface area contributed by atoms with Gasteiger partial charge in [-0.3, -0.25) is 9.48 Å². The maximum atomic E-state index is 12.0. The van der Waals surface area contributed by atoms with Crippen molar-refractivity contribution in [3.63, 3.8) is 0 Å². The van der Waals surface area contributed by atoms with Crippen LogP contribution in [0.1, 0.15) is 34.3 Å². The van der Waals surface area contributed by atoms with E-state index in [1.54, 1.807) is 17.2 Å². The topological polar surface area (TPSA) is 104 Å². The Hall–Kier alpha value is -2.68. The van der Waals surface area contributed by atoms with Crippen LogP contribution in [0.2, 0.25) is 5.02 Å². The molecule has 0 spiro atoms. The number of rotatable bonds is 7. The maximum Gasteiger partial charge on any atom is 0.316 e. The minimum atomic E-state index is -0.393. The first-order valence-corrected chi connectivity index (χ1v) is 8.18. The van der Waals surface area contributed by atoms with Crippen LogP contribution in [-0.2, 0) is 13.1 Å². The Morgan fingerprint density at radius 1 is 1.40 bits per heavy atom. The van der Waals surface area contributed by atoms with E-state index in [0.29, 0.717) is 17.4 Å². The molecule has 0 fully saturated rings. The fourth-order valence-electron chi connectivity index (χ4n) is 2.33. The Kier molecular flexibility index (Phi) is 5.13. The second-order valence-electron chi connectivity index (χ2n) is 5.57. The van der Waals surface area contributed by atoms with Crippen LogP contribution in [0.5, 0.6) is 0 Å². The summed E-state index contributed by atoms with van der Waals surface area (Å²) in [6.07, 6.45) is 6.09. The molecule has 0 unspecified atom stereocenters. The van der Waals surface area contributed by atoms with Gasteiger partial charge in [0.05, 0.1) is 22.7 Å². The zero-order valence-corrected chi connectivity index (χ0v) is 14.7. The standard InChI is InChI=1S/C15H18ClN7O2/c1-10-13(16)11(2)23(20-10)8-12-19-15(25-21-12)14(24)18-4-3-6-22-7-5-17-9-22/h5,7,9H,3-4,6,8H2,1-2H3,(H,18,24). The molecule has 3 heterocycles. The first-order valence-electron chi connectivity index (χ1n) is 7.80. The van der Waals surface area contributed by atoms with Gasteiger partial charge in [-0.2, -0.15) is 10.1 Å². The molecule has 1 amide bonds. The Morgan fingerprint density at radius 3 is 2.92 bits per heavy atom. The molecule has 0 aliphatic carbocycles. The molecule has 0 radical (unpaired) electrons. The summed E-state index contributed by atoms with van der Waals surface area (Å²) in [5.41, 5.74) is 1.55. The van der Waals surface area contributed by atoms with Gasteiger partial charge in [-0.15, -0.1) is 0 Å². The molecule has 3 rings (SSSR count). The molecule has 132 valence electrons. The molecule has 10 heteroatoms. The number of amides is 1. The third-order valence-electron chi connectivity index (χ3n) is 3.68. The van der Waals surface area contributed by atoms with Gasteiger partial charge in [0, 0.05) is 25.5 Å². The summed E-state index contributed by atoms with van der Waals surface area (Å²) in [6.45, 7) is 5.24. The molecular formula is C15H18ClN7O2. The Labute approximate surface area is 149 Å². The van der Waals surface area contributed by atoms with Crippen LogP contribution in [0.3, 0.4) is 0 Å². The molecule has 9 nitrogen and oxygen atoms in total. The molecule has 3 aromatic heterocycles. The lowest BCUT2D eigenvalue weighted by molar-refractivity contribution is 0.0909. The molecule has 25 heavy (non-hydrogen) atoms. The van der Waals surface area contributed by atoms with Gasteiger partial charge in [-0.1, -0.05) is 16.8 Å². The van der Waals surface area contributed by atoms with Crippen LogP contribution < -0.4 is 5.32 Å². The van der Waals surface area contributed by atoms with Crippen molar-refractivity contribution in [1.82, 2.24) is 34.8 Å². The summed E-state index contributed by atoms with van der Waals surface area (Å²) in [6, 6.07) is 0. The molecule has 0 aliphatic rings. The van der Waals surface area contributed by atoms with E-state index in [1.165, 1.54) is 0 Å². The number of nitrogens with one attached hydrogen (secondary N) is 1. The molecule has 3 aromatic rings. The lowest BCUT2D eigenvalue weighted by Gasteiger charge is -2.03. The average Bonchev–Trinajstić information content (AvgIpc) is 3.32. The van der Waals surface area contributed by atoms with Crippen LogP contribution in [0.25, 0.3) is 0 Å². The molecule has 0 saturated carbocycles. The van der Waals surface area contributed by atoms with E-state index < -0.39 is 5.91 Å². The van der Waals surface area contributed by atoms with Crippen molar-refractivity contribution in [3.8, 4) is 0 Å². The van der Waals surface area contributed by atoms with Gasteiger partial charge in [-0.05, 0) is 20.3 Å². The SMILES string of the molecule is Cc1nn(Cc2noc(C(=O)NCCCn3ccnc3)n2)c(C)c1Cl. The minimum Gasteiger partial charge on any atom is -0.348 e. The number of imidazole rings is 1. The Balaban J connectivity index is 1.51. The maximum absolute atomic E-state index is 12.0. The van der Waals surface area contributed by atoms with E-state index in [-0.39, 0.29) is 12.4 Å². The van der Waals surface area contributed by atoms with Crippen molar-refractivity contribution in [2.24, 2.45) is 0 Å². The van der Waals surface area contributed by atoms with Gasteiger partial charge in [-0.25, -0.2) is 4.98 Å². The lowest BCUT2D eigenvalue weighted by atomic mass is 10.4. The van der Waals surface area contributed by atoms with Gasteiger partial charge >= 0.3 is 11.8 Å². The van der Waals surface area contributed by atoms with Crippen LogP contribution in [0.15, 0.2) is 23.2 Å². The van der Waals surface area contributed by atoms with Crippen LogP contribution in [-0.4, -0.2) is 41.9 Å². The number of hydrogen-bond donors (Lipinski definition) is 1. The number of carbonyl (C=O) groups excluding carboxylic acids is 1. The molecule has 0 aliphatic heterocycles. The molecule has 0 saturated heterocycles. The first-order chi connectivity index (χ1) is 12.0. The van der Waals surface area contributed by atoms with Crippen LogP contribution >= 0.6 is 11.6 Å². The molecule has 0 atom stereocenters. The molecule has 0 aromatic carbocycles. The van der Waals surface area contributed by atoms with E-state index in [2.05, 4.69) is 25.5 Å². The number of carbonyl (C=O) groups is 1. The monoisotopic (exact) mass is 363 g/mol. The highest BCUT2D eigenvalue weighted by Gasteiger charge is 2.16. The van der Waals surface area contributed by atoms with Crippen molar-refractivity contribution in [2.75, 3.05) is 6.54 Å². The van der Waals surface area contributed by atoms with Gasteiger partial charge in [0.1, 0.15) is 6.54 Å². The largest absolute Gasteiger partial charge is 0.348 e. The van der Waals surface area contributed by atoms with Crippen molar-refractivity contribution in [1.29, 1.82) is 0 Å². The number of aryl methyl sites for hydroxylation is 2. The number of aromatic nitrogens is 6. The second kappa shape index (κ2) is 7.47. The van der Waals surface area contributed by atoms with Crippen molar-refractivity contribution >= 4 is 17.5 Å². The predicted octanol–water partition coefficient (Wildman–Crippen LogP) is 1.60. The van der Waals surface area contributed by atoms with E-state index in [9.17, 15) is 4.79 Å². The summed E-state index contributed by atoms with van der Waals surface area (Å²) in [5.74, 6) is -0.0909. The fraction of sp³-hybridized carbons (Fsp3) is 0.400. The van der Waals surface area contributed by atoms with Crippen molar-refractivity contribution in [3.05, 3.63) is 46.8 Å². The normalized spacial score (nSPS) is 11.0. The smallest absolute Gasteiger partial charge is 0.316 e. The van der Waals surface area contributed by atoms with Crippen molar-refractivity contribution < 1.29 is 9.32 Å². The van der Waals surface area contributed by atoms with Gasteiger partial charge in [0.25, 0.3) is 0 Å². The van der Waals surface area contributed by atoms with Crippen molar-refractivity contribution in [2.45, 2.75) is 33.4 Å². The zero-order valence-electron chi connectivity index (χ0n) is 13.9. The first kappa shape index (κ1) is 17.2. The third-order valence-corrected chi connectivity index (χ3v) is 4.23. The summed E-state index contributed by atoms with van der Waals surface area (Å²) in [7, 11) is 0. The van der Waals surface area contributed by atoms with Crippen LogP contribution in [0.4, 0.5) is 0 Å². The minimum absolute atomic E-state index is 0.0646. The molecular weight excluding hydrogens is 346 g/mol. The highest BCUT2D eigenvalue weighted by molar-refractivity contribution is 6.31. The average molecular weight is 364 g/mol. The number of hydrogen-bond acceptors (Lipinski definition) is 6. The van der Waals surface area contributed by atoms with Gasteiger partial charge < -0.3 is 14.4 Å². The summed E-state index contributed by atoms with van der Waals surface area (Å²) in [4.78, 5) is 20.1. The Bertz CT molecular complexity index is 853. The highest BCUT2D eigenvalue weighted by atomic mass is 35.5. The van der Waals surface area contributed by atoms with Gasteiger partial charge in [0.15, 0.2) is 5.82 Å². The zero-order chi connectivity index (χ0) is 17.8. The van der Waals surface area contributed by atoms with E-state index >= 15 is 0 Å². The Morgan fingerprint density at radius 2 is 2.24 bits per heavy atom. The second-order valence-corrected chi connectivity index (χ2v) is 5.95. The third kappa shape index (κ3) is 4.05. The predicted molar refractivity (Wildman–Crippen MR) is 89.3 cm³/mol. The van der Waals surface area contributed by atoms with Gasteiger partial charge in [0.2, 0.25) is 0 Å². The number of halogens is 1.